The zero-order valence-electron chi connectivity index (χ0n) is 12.1. The fourth-order valence-corrected chi connectivity index (χ4v) is 2.57. The number of thioether (sulfide) groups is 1. The van der Waals surface area contributed by atoms with E-state index >= 15 is 0 Å². The molecule has 1 rings (SSSR count). The lowest BCUT2D eigenvalue weighted by Gasteiger charge is -2.27. The van der Waals surface area contributed by atoms with Crippen molar-refractivity contribution in [2.24, 2.45) is 0 Å². The highest BCUT2D eigenvalue weighted by Crippen LogP contribution is 2.20. The number of carboxylic acids is 1. The molecule has 0 aromatic heterocycles. The Labute approximate surface area is 124 Å². The Morgan fingerprint density at radius 2 is 1.75 bits per heavy atom. The van der Waals surface area contributed by atoms with Gasteiger partial charge in [-0.1, -0.05) is 31.5 Å². The summed E-state index contributed by atoms with van der Waals surface area (Å²) in [5.41, 5.74) is 0.0194. The highest BCUT2D eigenvalue weighted by Gasteiger charge is 2.36. The smallest absolute Gasteiger partial charge is 0.329 e. The molecule has 0 aliphatic carbocycles. The molecule has 0 bridgehead atoms. The maximum absolute atomic E-state index is 11.9. The van der Waals surface area contributed by atoms with Crippen molar-refractivity contribution in [3.05, 3.63) is 29.8 Å². The van der Waals surface area contributed by atoms with Gasteiger partial charge in [0.1, 0.15) is 5.54 Å². The summed E-state index contributed by atoms with van der Waals surface area (Å²) in [5.74, 6) is -1.00. The molecule has 0 fully saturated rings. The molecule has 2 N–H and O–H groups in total. The number of amides is 1. The molecule has 1 aromatic carbocycles. The number of aliphatic carboxylic acids is 1. The monoisotopic (exact) mass is 295 g/mol. The summed E-state index contributed by atoms with van der Waals surface area (Å²) in [4.78, 5) is 24.2. The molecular weight excluding hydrogens is 274 g/mol. The maximum atomic E-state index is 11.9. The zero-order chi connectivity index (χ0) is 15.2. The van der Waals surface area contributed by atoms with E-state index in [0.717, 1.165) is 4.90 Å². The number of hydrogen-bond donors (Lipinski definition) is 2. The molecule has 20 heavy (non-hydrogen) atoms. The number of hydrogen-bond acceptors (Lipinski definition) is 3. The van der Waals surface area contributed by atoms with Crippen LogP contribution in [0.5, 0.6) is 0 Å². The summed E-state index contributed by atoms with van der Waals surface area (Å²) in [7, 11) is 0. The summed E-state index contributed by atoms with van der Waals surface area (Å²) < 4.78 is 0. The van der Waals surface area contributed by atoms with Gasteiger partial charge in [-0.2, -0.15) is 0 Å². The SMILES string of the molecule is CCC(CC)(NC(=O)CSc1ccc(C)cc1)C(=O)O. The molecule has 0 atom stereocenters. The van der Waals surface area contributed by atoms with Crippen LogP contribution in [0.1, 0.15) is 32.3 Å². The van der Waals surface area contributed by atoms with Gasteiger partial charge >= 0.3 is 5.97 Å². The summed E-state index contributed by atoms with van der Waals surface area (Å²) in [6.07, 6.45) is 0.750. The number of aryl methyl sites for hydroxylation is 1. The highest BCUT2D eigenvalue weighted by atomic mass is 32.2. The Balaban J connectivity index is 2.58. The minimum absolute atomic E-state index is 0.220. The first-order valence-corrected chi connectivity index (χ1v) is 7.66. The Bertz CT molecular complexity index is 467. The lowest BCUT2D eigenvalue weighted by molar-refractivity contribution is -0.147. The molecule has 0 spiro atoms. The van der Waals surface area contributed by atoms with E-state index in [1.165, 1.54) is 17.3 Å². The van der Waals surface area contributed by atoms with E-state index in [0.29, 0.717) is 12.8 Å². The van der Waals surface area contributed by atoms with Gasteiger partial charge in [0.2, 0.25) is 5.91 Å². The van der Waals surface area contributed by atoms with Gasteiger partial charge < -0.3 is 10.4 Å². The Hall–Kier alpha value is -1.49. The average molecular weight is 295 g/mol. The van der Waals surface area contributed by atoms with Crippen LogP contribution in [0.25, 0.3) is 0 Å². The maximum Gasteiger partial charge on any atom is 0.329 e. The quantitative estimate of drug-likeness (QED) is 0.759. The van der Waals surface area contributed by atoms with Crippen LogP contribution in [0, 0.1) is 6.92 Å². The molecule has 1 aromatic rings. The molecular formula is C15H21NO3S. The molecule has 0 aliphatic rings. The summed E-state index contributed by atoms with van der Waals surface area (Å²) in [5, 5.41) is 11.9. The predicted molar refractivity (Wildman–Crippen MR) is 81.0 cm³/mol. The largest absolute Gasteiger partial charge is 0.480 e. The van der Waals surface area contributed by atoms with Crippen LogP contribution < -0.4 is 5.32 Å². The number of rotatable bonds is 7. The molecule has 0 saturated carbocycles. The number of nitrogens with one attached hydrogen (secondary N) is 1. The van der Waals surface area contributed by atoms with Crippen LogP contribution in [0.4, 0.5) is 0 Å². The summed E-state index contributed by atoms with van der Waals surface area (Å²) in [6.45, 7) is 5.54. The van der Waals surface area contributed by atoms with Crippen LogP contribution in [-0.4, -0.2) is 28.3 Å². The molecule has 5 heteroatoms. The molecule has 0 unspecified atom stereocenters. The molecule has 0 radical (unpaired) electrons. The van der Waals surface area contributed by atoms with E-state index in [1.807, 2.05) is 31.2 Å². The third-order valence-electron chi connectivity index (χ3n) is 3.39. The van der Waals surface area contributed by atoms with Gasteiger partial charge in [-0.05, 0) is 31.9 Å². The van der Waals surface area contributed by atoms with Gasteiger partial charge in [-0.3, -0.25) is 4.79 Å². The fourth-order valence-electron chi connectivity index (χ4n) is 1.87. The molecule has 0 saturated heterocycles. The third-order valence-corrected chi connectivity index (χ3v) is 4.40. The first kappa shape index (κ1) is 16.6. The second kappa shape index (κ2) is 7.33. The standard InChI is InChI=1S/C15H21NO3S/c1-4-15(5-2,14(18)19)16-13(17)10-20-12-8-6-11(3)7-9-12/h6-9H,4-5,10H2,1-3H3,(H,16,17)(H,18,19). The van der Waals surface area contributed by atoms with E-state index in [2.05, 4.69) is 5.32 Å². The van der Waals surface area contributed by atoms with E-state index < -0.39 is 11.5 Å². The van der Waals surface area contributed by atoms with Crippen LogP contribution in [0.2, 0.25) is 0 Å². The average Bonchev–Trinajstić information content (AvgIpc) is 2.44. The van der Waals surface area contributed by atoms with Gasteiger partial charge in [0.15, 0.2) is 0 Å². The van der Waals surface area contributed by atoms with Crippen molar-refractivity contribution in [1.82, 2.24) is 5.32 Å². The Morgan fingerprint density at radius 1 is 1.20 bits per heavy atom. The molecule has 4 nitrogen and oxygen atoms in total. The van der Waals surface area contributed by atoms with E-state index in [4.69, 9.17) is 0 Å². The first-order valence-electron chi connectivity index (χ1n) is 6.67. The lowest BCUT2D eigenvalue weighted by Crippen LogP contribution is -2.54. The number of carboxylic acid groups (broad SMARTS) is 1. The van der Waals surface area contributed by atoms with E-state index in [-0.39, 0.29) is 11.7 Å². The van der Waals surface area contributed by atoms with Gasteiger partial charge in [0, 0.05) is 4.90 Å². The normalized spacial score (nSPS) is 11.2. The molecule has 0 aliphatic heterocycles. The van der Waals surface area contributed by atoms with Crippen molar-refractivity contribution in [1.29, 1.82) is 0 Å². The van der Waals surface area contributed by atoms with Crippen LogP contribution in [0.3, 0.4) is 0 Å². The van der Waals surface area contributed by atoms with E-state index in [9.17, 15) is 14.7 Å². The predicted octanol–water partition coefficient (Wildman–Crippen LogP) is 2.85. The van der Waals surface area contributed by atoms with Crippen molar-refractivity contribution in [2.45, 2.75) is 44.0 Å². The van der Waals surface area contributed by atoms with Crippen molar-refractivity contribution in [3.8, 4) is 0 Å². The van der Waals surface area contributed by atoms with Crippen LogP contribution in [0.15, 0.2) is 29.2 Å². The van der Waals surface area contributed by atoms with Crippen molar-refractivity contribution in [3.63, 3.8) is 0 Å². The number of carbonyl (C=O) groups is 2. The topological polar surface area (TPSA) is 66.4 Å². The van der Waals surface area contributed by atoms with Crippen molar-refractivity contribution >= 4 is 23.6 Å². The van der Waals surface area contributed by atoms with Gasteiger partial charge in [0.25, 0.3) is 0 Å². The second-order valence-corrected chi connectivity index (χ2v) is 5.79. The number of carbonyl (C=O) groups excluding carboxylic acids is 1. The molecule has 0 heterocycles. The van der Waals surface area contributed by atoms with Gasteiger partial charge in [-0.15, -0.1) is 11.8 Å². The Morgan fingerprint density at radius 3 is 2.20 bits per heavy atom. The zero-order valence-corrected chi connectivity index (χ0v) is 12.9. The molecule has 1 amide bonds. The Kier molecular flexibility index (Phi) is 6.07. The minimum Gasteiger partial charge on any atom is -0.480 e. The van der Waals surface area contributed by atoms with E-state index in [1.54, 1.807) is 13.8 Å². The van der Waals surface area contributed by atoms with Crippen LogP contribution in [-0.2, 0) is 9.59 Å². The minimum atomic E-state index is -1.15. The summed E-state index contributed by atoms with van der Waals surface area (Å²) in [6, 6.07) is 7.88. The second-order valence-electron chi connectivity index (χ2n) is 4.74. The van der Waals surface area contributed by atoms with Crippen molar-refractivity contribution in [2.75, 3.05) is 5.75 Å². The highest BCUT2D eigenvalue weighted by molar-refractivity contribution is 8.00. The lowest BCUT2D eigenvalue weighted by atomic mass is 9.93. The number of benzene rings is 1. The van der Waals surface area contributed by atoms with Crippen LogP contribution >= 0.6 is 11.8 Å². The first-order chi connectivity index (χ1) is 9.43. The van der Waals surface area contributed by atoms with Gasteiger partial charge in [0.05, 0.1) is 5.75 Å². The molecule has 110 valence electrons. The van der Waals surface area contributed by atoms with Gasteiger partial charge in [-0.25, -0.2) is 4.79 Å². The summed E-state index contributed by atoms with van der Waals surface area (Å²) >= 11 is 1.41. The van der Waals surface area contributed by atoms with Crippen molar-refractivity contribution < 1.29 is 14.7 Å². The fraction of sp³-hybridized carbons (Fsp3) is 0.467. The third kappa shape index (κ3) is 4.27.